The Labute approximate surface area is 145 Å². The van der Waals surface area contributed by atoms with Crippen molar-refractivity contribution in [1.82, 2.24) is 15.3 Å². The summed E-state index contributed by atoms with van der Waals surface area (Å²) in [6.45, 7) is 0.610. The Kier molecular flexibility index (Phi) is 5.40. The quantitative estimate of drug-likeness (QED) is 0.577. The van der Waals surface area contributed by atoms with Crippen molar-refractivity contribution in [2.24, 2.45) is 5.73 Å². The number of aromatic amines is 1. The summed E-state index contributed by atoms with van der Waals surface area (Å²) in [5.74, 6) is 0.0974. The van der Waals surface area contributed by atoms with Crippen molar-refractivity contribution >= 4 is 16.9 Å². The molecule has 25 heavy (non-hydrogen) atoms. The first-order valence-electron chi connectivity index (χ1n) is 8.38. The van der Waals surface area contributed by atoms with Gasteiger partial charge in [0.1, 0.15) is 11.6 Å². The molecule has 5 nitrogen and oxygen atoms in total. The zero-order valence-corrected chi connectivity index (χ0v) is 13.8. The molecule has 4 N–H and O–H groups in total. The largest absolute Gasteiger partial charge is 0.342 e. The SMILES string of the molecule is NCCCC[C@H](NC(=O)c1ccc(F)cc1)c1nc2ccccc2[nH]1. The van der Waals surface area contributed by atoms with E-state index in [4.69, 9.17) is 5.73 Å². The lowest BCUT2D eigenvalue weighted by Crippen LogP contribution is -2.29. The number of nitrogens with two attached hydrogens (primary N) is 1. The van der Waals surface area contributed by atoms with Gasteiger partial charge in [0, 0.05) is 5.56 Å². The summed E-state index contributed by atoms with van der Waals surface area (Å²) in [5, 5.41) is 2.99. The number of fused-ring (bicyclic) bond motifs is 1. The molecule has 0 aliphatic heterocycles. The van der Waals surface area contributed by atoms with Gasteiger partial charge in [0.2, 0.25) is 0 Å². The van der Waals surface area contributed by atoms with Gasteiger partial charge in [0.05, 0.1) is 17.1 Å². The van der Waals surface area contributed by atoms with Gasteiger partial charge in [-0.25, -0.2) is 9.37 Å². The predicted molar refractivity (Wildman–Crippen MR) is 95.6 cm³/mol. The summed E-state index contributed by atoms with van der Waals surface area (Å²) < 4.78 is 13.0. The van der Waals surface area contributed by atoms with Crippen molar-refractivity contribution in [3.05, 3.63) is 65.7 Å². The minimum absolute atomic E-state index is 0.252. The Morgan fingerprint density at radius 3 is 2.64 bits per heavy atom. The average Bonchev–Trinajstić information content (AvgIpc) is 3.05. The number of unbranched alkanes of at least 4 members (excludes halogenated alkanes) is 1. The lowest BCUT2D eigenvalue weighted by atomic mass is 10.1. The molecule has 0 aliphatic rings. The molecule has 1 heterocycles. The van der Waals surface area contributed by atoms with Gasteiger partial charge in [0.15, 0.2) is 0 Å². The molecule has 0 saturated carbocycles. The highest BCUT2D eigenvalue weighted by Crippen LogP contribution is 2.21. The molecule has 2 aromatic carbocycles. The number of carbonyl (C=O) groups excluding carboxylic acids is 1. The van der Waals surface area contributed by atoms with Crippen LogP contribution in [0.1, 0.15) is 41.5 Å². The maximum absolute atomic E-state index is 13.0. The van der Waals surface area contributed by atoms with E-state index in [2.05, 4.69) is 15.3 Å². The van der Waals surface area contributed by atoms with Crippen molar-refractivity contribution in [1.29, 1.82) is 0 Å². The predicted octanol–water partition coefficient (Wildman–Crippen LogP) is 3.30. The number of halogens is 1. The van der Waals surface area contributed by atoms with Crippen LogP contribution in [0.5, 0.6) is 0 Å². The van der Waals surface area contributed by atoms with Crippen LogP contribution in [0.2, 0.25) is 0 Å². The summed E-state index contributed by atoms with van der Waals surface area (Å²) in [7, 11) is 0. The Morgan fingerprint density at radius 1 is 1.16 bits per heavy atom. The van der Waals surface area contributed by atoms with Crippen LogP contribution >= 0.6 is 0 Å². The molecular weight excluding hydrogens is 319 g/mol. The average molecular weight is 340 g/mol. The number of H-pyrrole nitrogens is 1. The molecule has 1 aromatic heterocycles. The van der Waals surface area contributed by atoms with E-state index >= 15 is 0 Å². The summed E-state index contributed by atoms with van der Waals surface area (Å²) in [5.41, 5.74) is 7.78. The number of amides is 1. The van der Waals surface area contributed by atoms with Crippen LogP contribution in [0.4, 0.5) is 4.39 Å². The number of para-hydroxylation sites is 2. The highest BCUT2D eigenvalue weighted by Gasteiger charge is 2.19. The van der Waals surface area contributed by atoms with Crippen molar-refractivity contribution in [3.8, 4) is 0 Å². The van der Waals surface area contributed by atoms with Gasteiger partial charge < -0.3 is 16.0 Å². The maximum Gasteiger partial charge on any atom is 0.251 e. The minimum atomic E-state index is -0.367. The molecule has 0 saturated heterocycles. The molecule has 1 atom stereocenters. The number of carbonyl (C=O) groups is 1. The van der Waals surface area contributed by atoms with Crippen LogP contribution in [0.25, 0.3) is 11.0 Å². The summed E-state index contributed by atoms with van der Waals surface area (Å²) in [4.78, 5) is 20.4. The first-order valence-corrected chi connectivity index (χ1v) is 8.38. The summed E-state index contributed by atoms with van der Waals surface area (Å²) >= 11 is 0. The number of nitrogens with zero attached hydrogens (tertiary/aromatic N) is 1. The van der Waals surface area contributed by atoms with Crippen LogP contribution in [0, 0.1) is 5.82 Å². The Morgan fingerprint density at radius 2 is 1.92 bits per heavy atom. The Bertz CT molecular complexity index is 811. The minimum Gasteiger partial charge on any atom is -0.342 e. The van der Waals surface area contributed by atoms with Gasteiger partial charge >= 0.3 is 0 Å². The molecule has 0 fully saturated rings. The van der Waals surface area contributed by atoms with Crippen LogP contribution < -0.4 is 11.1 Å². The molecular formula is C19H21FN4O. The van der Waals surface area contributed by atoms with Crippen molar-refractivity contribution < 1.29 is 9.18 Å². The number of hydrogen-bond acceptors (Lipinski definition) is 3. The number of rotatable bonds is 7. The summed E-state index contributed by atoms with van der Waals surface area (Å²) in [6.07, 6.45) is 2.48. The molecule has 3 aromatic rings. The third kappa shape index (κ3) is 4.22. The topological polar surface area (TPSA) is 83.8 Å². The second-order valence-corrected chi connectivity index (χ2v) is 5.96. The van der Waals surface area contributed by atoms with E-state index < -0.39 is 0 Å². The Hall–Kier alpha value is -2.73. The van der Waals surface area contributed by atoms with Crippen LogP contribution in [-0.2, 0) is 0 Å². The van der Waals surface area contributed by atoms with E-state index in [1.165, 1.54) is 24.3 Å². The molecule has 0 radical (unpaired) electrons. The molecule has 3 rings (SSSR count). The van der Waals surface area contributed by atoms with Gasteiger partial charge in [-0.3, -0.25) is 4.79 Å². The van der Waals surface area contributed by atoms with Gasteiger partial charge in [-0.1, -0.05) is 12.1 Å². The second-order valence-electron chi connectivity index (χ2n) is 5.96. The standard InChI is InChI=1S/C19H21FN4O/c20-14-10-8-13(9-11-14)19(25)24-17(7-3-4-12-21)18-22-15-5-1-2-6-16(15)23-18/h1-2,5-6,8-11,17H,3-4,7,12,21H2,(H,22,23)(H,24,25)/t17-/m0/s1. The molecule has 0 spiro atoms. The summed E-state index contributed by atoms with van der Waals surface area (Å²) in [6, 6.07) is 13.0. The van der Waals surface area contributed by atoms with E-state index in [9.17, 15) is 9.18 Å². The van der Waals surface area contributed by atoms with Crippen molar-refractivity contribution in [2.75, 3.05) is 6.54 Å². The molecule has 0 aliphatic carbocycles. The number of benzene rings is 2. The molecule has 0 bridgehead atoms. The van der Waals surface area contributed by atoms with Gasteiger partial charge in [0.25, 0.3) is 5.91 Å². The van der Waals surface area contributed by atoms with Gasteiger partial charge in [-0.2, -0.15) is 0 Å². The lowest BCUT2D eigenvalue weighted by molar-refractivity contribution is 0.0932. The van der Waals surface area contributed by atoms with E-state index in [1.54, 1.807) is 0 Å². The third-order valence-corrected chi connectivity index (χ3v) is 4.10. The first-order chi connectivity index (χ1) is 12.2. The van der Waals surface area contributed by atoms with E-state index in [0.29, 0.717) is 17.9 Å². The molecule has 6 heteroatoms. The van der Waals surface area contributed by atoms with Crippen molar-refractivity contribution in [3.63, 3.8) is 0 Å². The number of imidazole rings is 1. The highest BCUT2D eigenvalue weighted by molar-refractivity contribution is 5.94. The Balaban J connectivity index is 1.80. The monoisotopic (exact) mass is 340 g/mol. The van der Waals surface area contributed by atoms with Crippen molar-refractivity contribution in [2.45, 2.75) is 25.3 Å². The zero-order chi connectivity index (χ0) is 17.6. The molecule has 0 unspecified atom stereocenters. The van der Waals surface area contributed by atoms with E-state index in [0.717, 1.165) is 30.3 Å². The van der Waals surface area contributed by atoms with Gasteiger partial charge in [-0.05, 0) is 62.2 Å². The zero-order valence-electron chi connectivity index (χ0n) is 13.8. The third-order valence-electron chi connectivity index (χ3n) is 4.10. The number of hydrogen-bond donors (Lipinski definition) is 3. The van der Waals surface area contributed by atoms with E-state index in [1.807, 2.05) is 24.3 Å². The molecule has 1 amide bonds. The van der Waals surface area contributed by atoms with Crippen LogP contribution in [0.15, 0.2) is 48.5 Å². The normalized spacial score (nSPS) is 12.2. The highest BCUT2D eigenvalue weighted by atomic mass is 19.1. The number of nitrogens with one attached hydrogen (secondary N) is 2. The fourth-order valence-corrected chi connectivity index (χ4v) is 2.75. The fourth-order valence-electron chi connectivity index (χ4n) is 2.75. The smallest absolute Gasteiger partial charge is 0.251 e. The van der Waals surface area contributed by atoms with E-state index in [-0.39, 0.29) is 17.8 Å². The van der Waals surface area contributed by atoms with Crippen LogP contribution in [-0.4, -0.2) is 22.4 Å². The van der Waals surface area contributed by atoms with Gasteiger partial charge in [-0.15, -0.1) is 0 Å². The number of aromatic nitrogens is 2. The maximum atomic E-state index is 13.0. The molecule has 130 valence electrons. The second kappa shape index (κ2) is 7.90. The fraction of sp³-hybridized carbons (Fsp3) is 0.263. The first kappa shape index (κ1) is 17.1. The van der Waals surface area contributed by atoms with Crippen LogP contribution in [0.3, 0.4) is 0 Å². The lowest BCUT2D eigenvalue weighted by Gasteiger charge is -2.16.